The van der Waals surface area contributed by atoms with Crippen LogP contribution >= 0.6 is 0 Å². The molecule has 2 atom stereocenters. The van der Waals surface area contributed by atoms with Gasteiger partial charge in [-0.3, -0.25) is 9.59 Å². The van der Waals surface area contributed by atoms with Gasteiger partial charge in [0.2, 0.25) is 11.8 Å². The van der Waals surface area contributed by atoms with Gasteiger partial charge in [-0.15, -0.1) is 0 Å². The van der Waals surface area contributed by atoms with Crippen LogP contribution in [0.3, 0.4) is 0 Å². The second kappa shape index (κ2) is 7.68. The minimum Gasteiger partial charge on any atom is -0.355 e. The van der Waals surface area contributed by atoms with Crippen molar-refractivity contribution in [1.29, 1.82) is 0 Å². The Morgan fingerprint density at radius 1 is 1.33 bits per heavy atom. The SMILES string of the molecule is CC[C@@H](CNC(=O)[C@H]1CC(=O)N(CC(F)(F)F)C1)c1ccccc1. The standard InChI is InChI=1S/C17H21F3N2O2/c1-2-12(13-6-4-3-5-7-13)9-21-16(24)14-8-15(23)22(10-14)11-17(18,19)20/h3-7,12,14H,2,8-11H2,1H3,(H,21,24)/t12-,14-/m0/s1. The van der Waals surface area contributed by atoms with E-state index in [1.807, 2.05) is 37.3 Å². The number of alkyl halides is 3. The van der Waals surface area contributed by atoms with Crippen LogP contribution in [0.4, 0.5) is 13.2 Å². The molecule has 2 rings (SSSR count). The van der Waals surface area contributed by atoms with Crippen molar-refractivity contribution in [2.45, 2.75) is 31.9 Å². The third kappa shape index (κ3) is 4.97. The lowest BCUT2D eigenvalue weighted by molar-refractivity contribution is -0.157. The summed E-state index contributed by atoms with van der Waals surface area (Å²) in [6.07, 6.45) is -3.78. The highest BCUT2D eigenvalue weighted by Crippen LogP contribution is 2.24. The van der Waals surface area contributed by atoms with Crippen molar-refractivity contribution < 1.29 is 22.8 Å². The lowest BCUT2D eigenvalue weighted by Gasteiger charge is -2.19. The minimum absolute atomic E-state index is 0.138. The molecule has 1 aromatic carbocycles. The van der Waals surface area contributed by atoms with E-state index in [2.05, 4.69) is 5.32 Å². The summed E-state index contributed by atoms with van der Waals surface area (Å²) in [5.74, 6) is -1.56. The van der Waals surface area contributed by atoms with Crippen LogP contribution in [0, 0.1) is 5.92 Å². The number of carbonyl (C=O) groups is 2. The predicted octanol–water partition coefficient (Wildman–Crippen LogP) is 2.71. The lowest BCUT2D eigenvalue weighted by atomic mass is 9.96. The minimum atomic E-state index is -4.44. The van der Waals surface area contributed by atoms with E-state index in [-0.39, 0.29) is 24.8 Å². The Labute approximate surface area is 139 Å². The van der Waals surface area contributed by atoms with E-state index in [9.17, 15) is 22.8 Å². The molecule has 24 heavy (non-hydrogen) atoms. The number of amides is 2. The lowest BCUT2D eigenvalue weighted by Crippen LogP contribution is -2.38. The van der Waals surface area contributed by atoms with E-state index in [0.717, 1.165) is 12.0 Å². The molecule has 0 aromatic heterocycles. The molecule has 0 unspecified atom stereocenters. The van der Waals surface area contributed by atoms with Gasteiger partial charge >= 0.3 is 6.18 Å². The van der Waals surface area contributed by atoms with Crippen molar-refractivity contribution in [3.63, 3.8) is 0 Å². The summed E-state index contributed by atoms with van der Waals surface area (Å²) in [5, 5.41) is 2.78. The molecule has 1 aliphatic rings. The number of nitrogens with zero attached hydrogens (tertiary/aromatic N) is 1. The van der Waals surface area contributed by atoms with Crippen LogP contribution in [0.1, 0.15) is 31.2 Å². The number of halogens is 3. The Morgan fingerprint density at radius 2 is 2.00 bits per heavy atom. The molecular weight excluding hydrogens is 321 g/mol. The van der Waals surface area contributed by atoms with Crippen molar-refractivity contribution in [3.05, 3.63) is 35.9 Å². The summed E-state index contributed by atoms with van der Waals surface area (Å²) in [7, 11) is 0. The second-order valence-corrected chi connectivity index (χ2v) is 6.05. The average Bonchev–Trinajstić information content (AvgIpc) is 2.88. The molecule has 0 bridgehead atoms. The summed E-state index contributed by atoms with van der Waals surface area (Å²) >= 11 is 0. The first-order chi connectivity index (χ1) is 11.3. The Morgan fingerprint density at radius 3 is 2.58 bits per heavy atom. The van der Waals surface area contributed by atoms with Gasteiger partial charge in [0.05, 0.1) is 5.92 Å². The Balaban J connectivity index is 1.88. The van der Waals surface area contributed by atoms with Gasteiger partial charge in [0.1, 0.15) is 6.54 Å². The van der Waals surface area contributed by atoms with E-state index >= 15 is 0 Å². The highest BCUT2D eigenvalue weighted by atomic mass is 19.4. The zero-order chi connectivity index (χ0) is 17.7. The zero-order valence-corrected chi connectivity index (χ0v) is 13.5. The molecule has 7 heteroatoms. The quantitative estimate of drug-likeness (QED) is 0.864. The van der Waals surface area contributed by atoms with Gasteiger partial charge in [0, 0.05) is 25.4 Å². The van der Waals surface area contributed by atoms with Crippen molar-refractivity contribution in [1.82, 2.24) is 10.2 Å². The van der Waals surface area contributed by atoms with Crippen LogP contribution in [0.15, 0.2) is 30.3 Å². The van der Waals surface area contributed by atoms with Gasteiger partial charge in [-0.25, -0.2) is 0 Å². The van der Waals surface area contributed by atoms with Gasteiger partial charge in [-0.1, -0.05) is 37.3 Å². The third-order valence-corrected chi connectivity index (χ3v) is 4.24. The molecule has 1 aliphatic heterocycles. The van der Waals surface area contributed by atoms with Gasteiger partial charge in [-0.05, 0) is 12.0 Å². The number of carbonyl (C=O) groups excluding carboxylic acids is 2. The molecule has 1 fully saturated rings. The monoisotopic (exact) mass is 342 g/mol. The summed E-state index contributed by atoms with van der Waals surface area (Å²) in [4.78, 5) is 24.5. The summed E-state index contributed by atoms with van der Waals surface area (Å²) < 4.78 is 37.2. The van der Waals surface area contributed by atoms with Crippen molar-refractivity contribution in [2.24, 2.45) is 5.92 Å². The number of hydrogen-bond acceptors (Lipinski definition) is 2. The molecule has 2 amide bonds. The normalized spacial score (nSPS) is 19.4. The van der Waals surface area contributed by atoms with Gasteiger partial charge in [-0.2, -0.15) is 13.2 Å². The van der Waals surface area contributed by atoms with Crippen LogP contribution in [0.25, 0.3) is 0 Å². The Bertz CT molecular complexity index is 575. The second-order valence-electron chi connectivity index (χ2n) is 6.05. The first-order valence-electron chi connectivity index (χ1n) is 7.97. The third-order valence-electron chi connectivity index (χ3n) is 4.24. The molecule has 1 saturated heterocycles. The Kier molecular flexibility index (Phi) is 5.85. The molecule has 0 aliphatic carbocycles. The maximum atomic E-state index is 12.4. The molecule has 0 radical (unpaired) electrons. The van der Waals surface area contributed by atoms with E-state index in [4.69, 9.17) is 0 Å². The van der Waals surface area contributed by atoms with Crippen LogP contribution < -0.4 is 5.32 Å². The largest absolute Gasteiger partial charge is 0.406 e. The van der Waals surface area contributed by atoms with Crippen molar-refractivity contribution in [3.8, 4) is 0 Å². The first kappa shape index (κ1) is 18.3. The molecule has 1 heterocycles. The fourth-order valence-electron chi connectivity index (χ4n) is 2.91. The van der Waals surface area contributed by atoms with Crippen molar-refractivity contribution >= 4 is 11.8 Å². The zero-order valence-electron chi connectivity index (χ0n) is 13.5. The van der Waals surface area contributed by atoms with E-state index < -0.39 is 24.5 Å². The topological polar surface area (TPSA) is 49.4 Å². The summed E-state index contributed by atoms with van der Waals surface area (Å²) in [6.45, 7) is 0.945. The predicted molar refractivity (Wildman–Crippen MR) is 83.2 cm³/mol. The van der Waals surface area contributed by atoms with Crippen LogP contribution in [-0.2, 0) is 9.59 Å². The molecule has 0 saturated carbocycles. The first-order valence-corrected chi connectivity index (χ1v) is 7.97. The number of rotatable bonds is 6. The van der Waals surface area contributed by atoms with Crippen LogP contribution in [0.2, 0.25) is 0 Å². The highest BCUT2D eigenvalue weighted by Gasteiger charge is 2.40. The summed E-state index contributed by atoms with van der Waals surface area (Å²) in [5.41, 5.74) is 1.10. The summed E-state index contributed by atoms with van der Waals surface area (Å²) in [6, 6.07) is 9.71. The van der Waals surface area contributed by atoms with Gasteiger partial charge in [0.25, 0.3) is 0 Å². The van der Waals surface area contributed by atoms with Crippen molar-refractivity contribution in [2.75, 3.05) is 19.6 Å². The Hall–Kier alpha value is -2.05. The number of nitrogens with one attached hydrogen (secondary N) is 1. The fourth-order valence-corrected chi connectivity index (χ4v) is 2.91. The van der Waals surface area contributed by atoms with Gasteiger partial charge in [0.15, 0.2) is 0 Å². The van der Waals surface area contributed by atoms with E-state index in [1.165, 1.54) is 0 Å². The molecular formula is C17H21F3N2O2. The molecule has 0 spiro atoms. The smallest absolute Gasteiger partial charge is 0.355 e. The van der Waals surface area contributed by atoms with Crippen LogP contribution in [0.5, 0.6) is 0 Å². The molecule has 1 N–H and O–H groups in total. The molecule has 132 valence electrons. The molecule has 4 nitrogen and oxygen atoms in total. The molecule has 1 aromatic rings. The van der Waals surface area contributed by atoms with E-state index in [1.54, 1.807) is 0 Å². The van der Waals surface area contributed by atoms with Gasteiger partial charge < -0.3 is 10.2 Å². The number of likely N-dealkylation sites (tertiary alicyclic amines) is 1. The fraction of sp³-hybridized carbons (Fsp3) is 0.529. The van der Waals surface area contributed by atoms with Crippen LogP contribution in [-0.4, -0.2) is 42.5 Å². The number of benzene rings is 1. The maximum Gasteiger partial charge on any atom is 0.406 e. The maximum absolute atomic E-state index is 12.4. The average molecular weight is 342 g/mol. The number of hydrogen-bond donors (Lipinski definition) is 1. The van der Waals surface area contributed by atoms with E-state index in [0.29, 0.717) is 11.4 Å². The highest BCUT2D eigenvalue weighted by molar-refractivity contribution is 5.89.